The lowest BCUT2D eigenvalue weighted by Crippen LogP contribution is -2.47. The molecule has 0 saturated carbocycles. The Hall–Kier alpha value is -6.09. The number of nitrogens with one attached hydrogen (secondary N) is 2. The van der Waals surface area contributed by atoms with Crippen LogP contribution in [0, 0.1) is 5.82 Å². The minimum absolute atomic E-state index is 0.0701. The van der Waals surface area contributed by atoms with Gasteiger partial charge < -0.3 is 15.1 Å². The van der Waals surface area contributed by atoms with Crippen LogP contribution in [0.4, 0.5) is 21.7 Å². The number of imide groups is 1. The van der Waals surface area contributed by atoms with Crippen LogP contribution in [-0.2, 0) is 16.6 Å². The van der Waals surface area contributed by atoms with Crippen LogP contribution >= 0.6 is 0 Å². The Morgan fingerprint density at radius 2 is 1.73 bits per heavy atom. The summed E-state index contributed by atoms with van der Waals surface area (Å²) in [5, 5.41) is 10.9. The first-order chi connectivity index (χ1) is 27.3. The number of imidazole rings is 2. The molecular weight excluding hydrogens is 714 g/mol. The van der Waals surface area contributed by atoms with Crippen molar-refractivity contribution in [1.82, 2.24) is 38.9 Å². The van der Waals surface area contributed by atoms with Crippen LogP contribution in [0.1, 0.15) is 49.8 Å². The lowest BCUT2D eigenvalue weighted by Gasteiger charge is -2.35. The summed E-state index contributed by atoms with van der Waals surface area (Å²) in [5.74, 6) is 0.800. The summed E-state index contributed by atoms with van der Waals surface area (Å²) in [5.41, 5.74) is 5.39. The Morgan fingerprint density at radius 3 is 2.57 bits per heavy atom. The van der Waals surface area contributed by atoms with E-state index in [2.05, 4.69) is 36.4 Å². The lowest BCUT2D eigenvalue weighted by atomic mass is 10.0. The number of fused-ring (bicyclic) bond motifs is 2. The number of nitrogens with zero attached hydrogens (tertiary/aromatic N) is 9. The van der Waals surface area contributed by atoms with Crippen molar-refractivity contribution in [2.45, 2.75) is 44.2 Å². The Balaban J connectivity index is 0.804. The molecule has 3 aliphatic heterocycles. The SMILES string of the molecule is Cn1c(=O)n(C2CCC(=O)NC2=O)c2ccc(NCCCN3CCN(c4cccc(-c5cnc6ccc(N7CCC[C@@H]7c7cccc(F)c7)nn56)n4)CC3)cc21. The molecule has 3 fully saturated rings. The van der Waals surface area contributed by atoms with Crippen LogP contribution in [0.3, 0.4) is 0 Å². The second-order valence-electron chi connectivity index (χ2n) is 14.9. The van der Waals surface area contributed by atoms with Crippen LogP contribution in [-0.4, -0.2) is 91.2 Å². The molecule has 2 N–H and O–H groups in total. The molecule has 3 aliphatic rings. The normalized spacial score (nSPS) is 19.3. The number of carbonyl (C=O) groups is 2. The number of benzene rings is 2. The van der Waals surface area contributed by atoms with Gasteiger partial charge >= 0.3 is 5.69 Å². The number of hydrogen-bond donors (Lipinski definition) is 2. The molecule has 288 valence electrons. The van der Waals surface area contributed by atoms with Crippen molar-refractivity contribution in [2.75, 3.05) is 60.9 Å². The number of pyridine rings is 1. The van der Waals surface area contributed by atoms with Gasteiger partial charge in [0.2, 0.25) is 11.8 Å². The number of rotatable bonds is 10. The number of aryl methyl sites for hydroxylation is 1. The monoisotopic (exact) mass is 757 g/mol. The zero-order chi connectivity index (χ0) is 38.3. The molecule has 2 amide bonds. The van der Waals surface area contributed by atoms with Crippen molar-refractivity contribution in [1.29, 1.82) is 0 Å². The van der Waals surface area contributed by atoms with Crippen LogP contribution in [0.25, 0.3) is 28.1 Å². The van der Waals surface area contributed by atoms with Crippen LogP contribution in [0.2, 0.25) is 0 Å². The lowest BCUT2D eigenvalue weighted by molar-refractivity contribution is -0.135. The second kappa shape index (κ2) is 14.9. The largest absolute Gasteiger partial charge is 0.385 e. The Morgan fingerprint density at radius 1 is 0.875 bits per heavy atom. The summed E-state index contributed by atoms with van der Waals surface area (Å²) in [4.78, 5) is 54.1. The first-order valence-corrected chi connectivity index (χ1v) is 19.4. The standard InChI is InChI=1S/C41H44FN11O3/c1-48-34-25-29(11-12-32(34)52(41(48)56)33-13-16-39(54)46-40(33)55)43-17-5-18-49-20-22-50(23-21-49)37-10-3-8-30(45-37)35-26-44-36-14-15-38(47-53(35)36)51-19-4-9-31(51)27-6-2-7-28(42)24-27/h2-3,6-8,10-12,14-15,24-26,31,33,43H,4-5,9,13,16-23H2,1H3,(H,46,54,55)/t31-,33?/m1/s1. The summed E-state index contributed by atoms with van der Waals surface area (Å²) < 4.78 is 19.0. The number of piperidine rings is 1. The fraction of sp³-hybridized carbons (Fsp3) is 0.366. The van der Waals surface area contributed by atoms with Crippen LogP contribution in [0.15, 0.2) is 83.8 Å². The van der Waals surface area contributed by atoms with Gasteiger partial charge in [-0.1, -0.05) is 18.2 Å². The Kier molecular flexibility index (Phi) is 9.45. The molecule has 0 radical (unpaired) electrons. The molecule has 14 nitrogen and oxygen atoms in total. The van der Waals surface area contributed by atoms with Gasteiger partial charge in [-0.3, -0.25) is 28.9 Å². The maximum absolute atomic E-state index is 14.1. The fourth-order valence-electron chi connectivity index (χ4n) is 8.47. The molecule has 15 heteroatoms. The summed E-state index contributed by atoms with van der Waals surface area (Å²) in [7, 11) is 1.71. The van der Waals surface area contributed by atoms with Crippen molar-refractivity contribution < 1.29 is 14.0 Å². The van der Waals surface area contributed by atoms with Crippen molar-refractivity contribution in [3.63, 3.8) is 0 Å². The number of halogens is 1. The van der Waals surface area contributed by atoms with E-state index in [-0.39, 0.29) is 29.9 Å². The van der Waals surface area contributed by atoms with E-state index in [1.807, 2.05) is 59.2 Å². The first-order valence-electron chi connectivity index (χ1n) is 19.4. The summed E-state index contributed by atoms with van der Waals surface area (Å²) in [6, 6.07) is 22.1. The molecule has 2 atom stereocenters. The topological polar surface area (TPSA) is 138 Å². The smallest absolute Gasteiger partial charge is 0.329 e. The third-order valence-electron chi connectivity index (χ3n) is 11.4. The van der Waals surface area contributed by atoms with E-state index in [1.165, 1.54) is 10.6 Å². The summed E-state index contributed by atoms with van der Waals surface area (Å²) in [6.07, 6.45) is 5.26. The molecule has 6 aromatic rings. The van der Waals surface area contributed by atoms with Gasteiger partial charge in [0.15, 0.2) is 5.65 Å². The van der Waals surface area contributed by atoms with Gasteiger partial charge in [0.1, 0.15) is 29.2 Å². The maximum atomic E-state index is 14.1. The van der Waals surface area contributed by atoms with Gasteiger partial charge in [-0.25, -0.2) is 23.7 Å². The third kappa shape index (κ3) is 6.76. The van der Waals surface area contributed by atoms with Crippen LogP contribution in [0.5, 0.6) is 0 Å². The number of hydrogen-bond acceptors (Lipinski definition) is 10. The zero-order valence-electron chi connectivity index (χ0n) is 31.3. The zero-order valence-corrected chi connectivity index (χ0v) is 31.3. The van der Waals surface area contributed by atoms with Crippen molar-refractivity contribution in [3.05, 3.63) is 101 Å². The molecule has 4 aromatic heterocycles. The van der Waals surface area contributed by atoms with E-state index in [9.17, 15) is 18.8 Å². The number of carbonyl (C=O) groups excluding carboxylic acids is 2. The Bertz CT molecular complexity index is 2500. The van der Waals surface area contributed by atoms with Gasteiger partial charge in [-0.2, -0.15) is 0 Å². The molecule has 0 bridgehead atoms. The highest BCUT2D eigenvalue weighted by Crippen LogP contribution is 2.36. The molecule has 56 heavy (non-hydrogen) atoms. The first kappa shape index (κ1) is 35.6. The molecule has 1 unspecified atom stereocenters. The van der Waals surface area contributed by atoms with E-state index in [0.717, 1.165) is 111 Å². The number of anilines is 3. The van der Waals surface area contributed by atoms with E-state index in [1.54, 1.807) is 23.7 Å². The second-order valence-corrected chi connectivity index (χ2v) is 14.9. The highest BCUT2D eigenvalue weighted by atomic mass is 19.1. The average molecular weight is 758 g/mol. The minimum atomic E-state index is -0.699. The average Bonchev–Trinajstić information content (AvgIpc) is 3.94. The van der Waals surface area contributed by atoms with Crippen molar-refractivity contribution in [2.24, 2.45) is 7.05 Å². The predicted octanol–water partition coefficient (Wildman–Crippen LogP) is 4.53. The fourth-order valence-corrected chi connectivity index (χ4v) is 8.47. The van der Waals surface area contributed by atoms with Crippen LogP contribution < -0.4 is 26.1 Å². The Labute approximate surface area is 322 Å². The highest BCUT2D eigenvalue weighted by Gasteiger charge is 2.32. The molecule has 2 aromatic carbocycles. The highest BCUT2D eigenvalue weighted by molar-refractivity contribution is 6.00. The van der Waals surface area contributed by atoms with Gasteiger partial charge in [0, 0.05) is 58.4 Å². The summed E-state index contributed by atoms with van der Waals surface area (Å²) >= 11 is 0. The third-order valence-corrected chi connectivity index (χ3v) is 11.4. The predicted molar refractivity (Wildman–Crippen MR) is 212 cm³/mol. The number of amides is 2. The quantitative estimate of drug-likeness (QED) is 0.152. The van der Waals surface area contributed by atoms with Gasteiger partial charge in [0.05, 0.1) is 29.0 Å². The van der Waals surface area contributed by atoms with E-state index >= 15 is 0 Å². The molecule has 7 heterocycles. The van der Waals surface area contributed by atoms with Gasteiger partial charge in [-0.05, 0) is 92.4 Å². The van der Waals surface area contributed by atoms with E-state index < -0.39 is 11.9 Å². The number of aromatic nitrogens is 6. The summed E-state index contributed by atoms with van der Waals surface area (Å²) in [6.45, 7) is 6.16. The van der Waals surface area contributed by atoms with Gasteiger partial charge in [0.25, 0.3) is 0 Å². The van der Waals surface area contributed by atoms with E-state index in [4.69, 9.17) is 10.1 Å². The minimum Gasteiger partial charge on any atom is -0.385 e. The van der Waals surface area contributed by atoms with E-state index in [0.29, 0.717) is 11.9 Å². The molecule has 3 saturated heterocycles. The number of piperazine rings is 1. The molecule has 0 spiro atoms. The maximum Gasteiger partial charge on any atom is 0.329 e. The van der Waals surface area contributed by atoms with Crippen molar-refractivity contribution in [3.8, 4) is 11.4 Å². The van der Waals surface area contributed by atoms with Gasteiger partial charge in [-0.15, -0.1) is 5.10 Å². The van der Waals surface area contributed by atoms with Crippen molar-refractivity contribution >= 4 is 45.8 Å². The molecular formula is C41H44FN11O3. The molecule has 9 rings (SSSR count). The molecule has 0 aliphatic carbocycles.